The van der Waals surface area contributed by atoms with Crippen LogP contribution in [0.4, 0.5) is 24.5 Å². The zero-order chi connectivity index (χ0) is 27.1. The first-order valence-electron chi connectivity index (χ1n) is 12.0. The van der Waals surface area contributed by atoms with E-state index in [1.807, 2.05) is 4.90 Å². The lowest BCUT2D eigenvalue weighted by Gasteiger charge is -2.27. The number of carbonyl (C=O) groups is 2. The molecule has 1 fully saturated rings. The van der Waals surface area contributed by atoms with Gasteiger partial charge >= 0.3 is 6.18 Å². The van der Waals surface area contributed by atoms with Crippen molar-refractivity contribution in [2.75, 3.05) is 36.9 Å². The Labute approximate surface area is 218 Å². The van der Waals surface area contributed by atoms with Gasteiger partial charge in [0.15, 0.2) is 0 Å². The molecule has 0 atom stereocenters. The van der Waals surface area contributed by atoms with Gasteiger partial charge in [-0.2, -0.15) is 13.2 Å². The highest BCUT2D eigenvalue weighted by Gasteiger charge is 2.34. The number of hydrogen-bond donors (Lipinski definition) is 2. The number of aryl methyl sites for hydroxylation is 1. The molecule has 0 aliphatic carbocycles. The van der Waals surface area contributed by atoms with Crippen molar-refractivity contribution < 1.29 is 27.5 Å². The van der Waals surface area contributed by atoms with Crippen LogP contribution in [0.25, 0.3) is 6.08 Å². The molecule has 0 radical (unpaired) electrons. The number of nitrogens with one attached hydrogen (secondary N) is 2. The first-order chi connectivity index (χ1) is 18.2. The molecule has 0 unspecified atom stereocenters. The van der Waals surface area contributed by atoms with E-state index in [-0.39, 0.29) is 23.4 Å². The lowest BCUT2D eigenvalue weighted by molar-refractivity contribution is -0.138. The Kier molecular flexibility index (Phi) is 8.55. The summed E-state index contributed by atoms with van der Waals surface area (Å²) in [5, 5.41) is 5.27. The zero-order valence-electron chi connectivity index (χ0n) is 20.7. The summed E-state index contributed by atoms with van der Waals surface area (Å²) in [4.78, 5) is 31.2. The van der Waals surface area contributed by atoms with Gasteiger partial charge in [-0.1, -0.05) is 18.2 Å². The number of carbonyl (C=O) groups excluding carboxylic acids is 2. The maximum absolute atomic E-state index is 13.8. The van der Waals surface area contributed by atoms with Gasteiger partial charge in [-0.25, -0.2) is 0 Å². The third kappa shape index (κ3) is 7.27. The first-order valence-corrected chi connectivity index (χ1v) is 12.0. The number of ether oxygens (including phenoxy) is 1. The Bertz CT molecular complexity index is 1320. The zero-order valence-corrected chi connectivity index (χ0v) is 20.7. The molecular formula is C28H27F3N4O3. The fraction of sp³-hybridized carbons (Fsp3) is 0.250. The van der Waals surface area contributed by atoms with Crippen LogP contribution in [-0.2, 0) is 22.3 Å². The van der Waals surface area contributed by atoms with Crippen molar-refractivity contribution in [2.45, 2.75) is 19.6 Å². The van der Waals surface area contributed by atoms with Gasteiger partial charge in [0.05, 0.1) is 18.8 Å². The van der Waals surface area contributed by atoms with E-state index in [1.165, 1.54) is 24.3 Å². The average Bonchev–Trinajstić information content (AvgIpc) is 2.90. The maximum Gasteiger partial charge on any atom is 0.416 e. The van der Waals surface area contributed by atoms with E-state index >= 15 is 0 Å². The van der Waals surface area contributed by atoms with Crippen LogP contribution in [0.3, 0.4) is 0 Å². The van der Waals surface area contributed by atoms with Crippen LogP contribution in [0.15, 0.2) is 67.0 Å². The molecule has 0 spiro atoms. The SMILES string of the molecule is Cc1ccc(C(=O)Nc2ccc(CN3CCOCC3)c(C(F)(F)F)c2)cc1NC(=O)/C=C/c1cccnc1. The van der Waals surface area contributed by atoms with Crippen LogP contribution in [-0.4, -0.2) is 48.0 Å². The summed E-state index contributed by atoms with van der Waals surface area (Å²) in [7, 11) is 0. The molecule has 198 valence electrons. The second kappa shape index (κ2) is 12.0. The molecule has 1 saturated heterocycles. The van der Waals surface area contributed by atoms with Crippen LogP contribution < -0.4 is 10.6 Å². The van der Waals surface area contributed by atoms with Gasteiger partial charge in [0, 0.05) is 55.0 Å². The lowest BCUT2D eigenvalue weighted by Crippen LogP contribution is -2.36. The number of pyridine rings is 1. The summed E-state index contributed by atoms with van der Waals surface area (Å²) in [6.45, 7) is 3.99. The number of nitrogens with zero attached hydrogens (tertiary/aromatic N) is 2. The van der Waals surface area contributed by atoms with Gasteiger partial charge in [0.1, 0.15) is 0 Å². The predicted molar refractivity (Wildman–Crippen MR) is 139 cm³/mol. The standard InChI is InChI=1S/C28H27F3N4O3/c1-19-4-6-21(15-25(19)34-26(36)9-5-20-3-2-10-32-17-20)27(37)33-23-8-7-22(24(16-23)28(29,30)31)18-35-11-13-38-14-12-35/h2-10,15-17H,11-14,18H2,1H3,(H,33,37)(H,34,36)/b9-5+. The van der Waals surface area contributed by atoms with E-state index in [1.54, 1.807) is 49.7 Å². The quantitative estimate of drug-likeness (QED) is 0.418. The fourth-order valence-electron chi connectivity index (χ4n) is 3.98. The molecule has 1 aliphatic heterocycles. The molecule has 2 aromatic carbocycles. The van der Waals surface area contributed by atoms with Crippen LogP contribution in [0, 0.1) is 6.92 Å². The van der Waals surface area contributed by atoms with Gasteiger partial charge in [0.2, 0.25) is 5.91 Å². The second-order valence-electron chi connectivity index (χ2n) is 8.85. The maximum atomic E-state index is 13.8. The highest BCUT2D eigenvalue weighted by molar-refractivity contribution is 6.07. The number of hydrogen-bond acceptors (Lipinski definition) is 5. The van der Waals surface area contributed by atoms with Crippen LogP contribution >= 0.6 is 0 Å². The topological polar surface area (TPSA) is 83.6 Å². The molecule has 2 heterocycles. The van der Waals surface area contributed by atoms with Gasteiger partial charge in [0.25, 0.3) is 5.91 Å². The van der Waals surface area contributed by atoms with Crippen LogP contribution in [0.5, 0.6) is 0 Å². The molecular weight excluding hydrogens is 497 g/mol. The molecule has 4 rings (SSSR count). The number of morpholine rings is 1. The van der Waals surface area contributed by atoms with Crippen molar-refractivity contribution >= 4 is 29.3 Å². The Hall–Kier alpha value is -4.02. The third-order valence-corrected chi connectivity index (χ3v) is 6.04. The van der Waals surface area contributed by atoms with Crippen molar-refractivity contribution in [3.05, 3.63) is 94.8 Å². The predicted octanol–water partition coefficient (Wildman–Crippen LogP) is 5.15. The number of rotatable bonds is 7. The van der Waals surface area contributed by atoms with Gasteiger partial charge in [-0.3, -0.25) is 19.5 Å². The monoisotopic (exact) mass is 524 g/mol. The third-order valence-electron chi connectivity index (χ3n) is 6.04. The molecule has 1 aromatic heterocycles. The van der Waals surface area contributed by atoms with Crippen molar-refractivity contribution in [2.24, 2.45) is 0 Å². The van der Waals surface area contributed by atoms with E-state index in [4.69, 9.17) is 4.74 Å². The summed E-state index contributed by atoms with van der Waals surface area (Å²) in [5.41, 5.74) is 1.44. The smallest absolute Gasteiger partial charge is 0.379 e. The van der Waals surface area contributed by atoms with Crippen molar-refractivity contribution in [3.63, 3.8) is 0 Å². The number of alkyl halides is 3. The van der Waals surface area contributed by atoms with Crippen LogP contribution in [0.1, 0.15) is 32.6 Å². The summed E-state index contributed by atoms with van der Waals surface area (Å²) in [6, 6.07) is 12.0. The summed E-state index contributed by atoms with van der Waals surface area (Å²) in [6.07, 6.45) is 1.61. The molecule has 7 nitrogen and oxygen atoms in total. The van der Waals surface area contributed by atoms with Gasteiger partial charge in [-0.05, 0) is 60.0 Å². The summed E-state index contributed by atoms with van der Waals surface area (Å²) >= 11 is 0. The van der Waals surface area contributed by atoms with Crippen molar-refractivity contribution in [3.8, 4) is 0 Å². The molecule has 0 bridgehead atoms. The normalized spacial score (nSPS) is 14.4. The number of benzene rings is 2. The van der Waals surface area contributed by atoms with Gasteiger partial charge in [-0.15, -0.1) is 0 Å². The van der Waals surface area contributed by atoms with Crippen molar-refractivity contribution in [1.29, 1.82) is 0 Å². The van der Waals surface area contributed by atoms with E-state index in [9.17, 15) is 22.8 Å². The number of aromatic nitrogens is 1. The molecule has 2 N–H and O–H groups in total. The largest absolute Gasteiger partial charge is 0.416 e. The number of amides is 2. The van der Waals surface area contributed by atoms with E-state index in [2.05, 4.69) is 15.6 Å². The molecule has 0 saturated carbocycles. The Morgan fingerprint density at radius 2 is 1.87 bits per heavy atom. The average molecular weight is 525 g/mol. The van der Waals surface area contributed by atoms with E-state index < -0.39 is 23.6 Å². The Morgan fingerprint density at radius 1 is 1.08 bits per heavy atom. The minimum absolute atomic E-state index is 0.0265. The lowest BCUT2D eigenvalue weighted by atomic mass is 10.0. The summed E-state index contributed by atoms with van der Waals surface area (Å²) < 4.78 is 46.8. The molecule has 2 amide bonds. The molecule has 38 heavy (non-hydrogen) atoms. The molecule has 1 aliphatic rings. The second-order valence-corrected chi connectivity index (χ2v) is 8.85. The van der Waals surface area contributed by atoms with E-state index in [0.29, 0.717) is 32.0 Å². The highest BCUT2D eigenvalue weighted by atomic mass is 19.4. The minimum atomic E-state index is -4.58. The van der Waals surface area contributed by atoms with Crippen LogP contribution in [0.2, 0.25) is 0 Å². The Balaban J connectivity index is 1.47. The van der Waals surface area contributed by atoms with Crippen molar-refractivity contribution in [1.82, 2.24) is 9.88 Å². The minimum Gasteiger partial charge on any atom is -0.379 e. The highest BCUT2D eigenvalue weighted by Crippen LogP contribution is 2.34. The Morgan fingerprint density at radius 3 is 2.58 bits per heavy atom. The summed E-state index contributed by atoms with van der Waals surface area (Å²) in [5.74, 6) is -0.999. The fourth-order valence-corrected chi connectivity index (χ4v) is 3.98. The molecule has 3 aromatic rings. The number of halogens is 3. The first kappa shape index (κ1) is 27.0. The number of anilines is 2. The van der Waals surface area contributed by atoms with Gasteiger partial charge < -0.3 is 15.4 Å². The molecule has 10 heteroatoms. The van der Waals surface area contributed by atoms with E-state index in [0.717, 1.165) is 17.2 Å².